The van der Waals surface area contributed by atoms with Crippen molar-refractivity contribution in [3.05, 3.63) is 28.2 Å². The van der Waals surface area contributed by atoms with E-state index in [1.54, 1.807) is 23.1 Å². The Morgan fingerprint density at radius 2 is 2.15 bits per heavy atom. The number of amides is 2. The van der Waals surface area contributed by atoms with Gasteiger partial charge in [0.05, 0.1) is 10.0 Å². The molecule has 0 saturated carbocycles. The predicted molar refractivity (Wildman–Crippen MR) is 83.8 cm³/mol. The number of anilines is 1. The van der Waals surface area contributed by atoms with Gasteiger partial charge in [0.25, 0.3) is 0 Å². The third-order valence-electron chi connectivity index (χ3n) is 3.09. The fraction of sp³-hybridized carbons (Fsp3) is 0.385. The molecule has 0 bridgehead atoms. The van der Waals surface area contributed by atoms with Crippen molar-refractivity contribution in [2.45, 2.75) is 18.9 Å². The second kappa shape index (κ2) is 6.70. The van der Waals surface area contributed by atoms with E-state index in [0.29, 0.717) is 40.9 Å². The zero-order valence-corrected chi connectivity index (χ0v) is 13.0. The number of nitrogens with zero attached hydrogens (tertiary/aromatic N) is 1. The first-order valence-electron chi connectivity index (χ1n) is 6.19. The molecule has 20 heavy (non-hydrogen) atoms. The summed E-state index contributed by atoms with van der Waals surface area (Å²) in [6.07, 6.45) is 0.886. The van der Waals surface area contributed by atoms with E-state index in [2.05, 4.69) is 17.9 Å². The first-order valence-corrected chi connectivity index (χ1v) is 7.58. The summed E-state index contributed by atoms with van der Waals surface area (Å²) in [6.45, 7) is 0.544. The van der Waals surface area contributed by atoms with Crippen molar-refractivity contribution in [1.82, 2.24) is 5.32 Å². The van der Waals surface area contributed by atoms with Crippen LogP contribution in [0.1, 0.15) is 12.8 Å². The van der Waals surface area contributed by atoms with Gasteiger partial charge in [-0.3, -0.25) is 9.59 Å². The van der Waals surface area contributed by atoms with E-state index in [-0.39, 0.29) is 11.8 Å². The van der Waals surface area contributed by atoms with Gasteiger partial charge in [-0.1, -0.05) is 23.2 Å². The monoisotopic (exact) mass is 332 g/mol. The SMILES string of the molecule is O=C(CCS)NC1CCN(c2ccc(Cl)c(Cl)c2)C1=O. The molecule has 1 unspecified atom stereocenters. The molecule has 2 amide bonds. The van der Waals surface area contributed by atoms with E-state index in [0.717, 1.165) is 0 Å². The lowest BCUT2D eigenvalue weighted by molar-refractivity contribution is -0.126. The summed E-state index contributed by atoms with van der Waals surface area (Å²) >= 11 is 15.8. The highest BCUT2D eigenvalue weighted by atomic mass is 35.5. The van der Waals surface area contributed by atoms with Gasteiger partial charge in [-0.05, 0) is 30.4 Å². The molecular weight excluding hydrogens is 319 g/mol. The second-order valence-corrected chi connectivity index (χ2v) is 5.73. The van der Waals surface area contributed by atoms with E-state index in [4.69, 9.17) is 23.2 Å². The molecule has 4 nitrogen and oxygen atoms in total. The minimum Gasteiger partial charge on any atom is -0.344 e. The average molecular weight is 333 g/mol. The maximum Gasteiger partial charge on any atom is 0.249 e. The summed E-state index contributed by atoms with van der Waals surface area (Å²) in [7, 11) is 0. The summed E-state index contributed by atoms with van der Waals surface area (Å²) in [5.41, 5.74) is 0.690. The summed E-state index contributed by atoms with van der Waals surface area (Å²) in [6, 6.07) is 4.57. The topological polar surface area (TPSA) is 49.4 Å². The van der Waals surface area contributed by atoms with Gasteiger partial charge in [0, 0.05) is 18.7 Å². The molecule has 1 heterocycles. The van der Waals surface area contributed by atoms with Gasteiger partial charge in [0.1, 0.15) is 6.04 Å². The number of thiol groups is 1. The van der Waals surface area contributed by atoms with Gasteiger partial charge in [-0.2, -0.15) is 12.6 Å². The van der Waals surface area contributed by atoms with Crippen molar-refractivity contribution < 1.29 is 9.59 Å². The molecule has 1 N–H and O–H groups in total. The number of nitrogens with one attached hydrogen (secondary N) is 1. The zero-order chi connectivity index (χ0) is 14.7. The summed E-state index contributed by atoms with van der Waals surface area (Å²) < 4.78 is 0. The van der Waals surface area contributed by atoms with Crippen LogP contribution in [0.4, 0.5) is 5.69 Å². The average Bonchev–Trinajstić information content (AvgIpc) is 2.75. The molecule has 1 aliphatic rings. The van der Waals surface area contributed by atoms with Crippen LogP contribution >= 0.6 is 35.8 Å². The summed E-state index contributed by atoms with van der Waals surface area (Å²) in [4.78, 5) is 25.4. The normalized spacial score (nSPS) is 18.4. The Labute approximate surface area is 132 Å². The molecule has 0 radical (unpaired) electrons. The third-order valence-corrected chi connectivity index (χ3v) is 4.06. The molecule has 1 aromatic rings. The van der Waals surface area contributed by atoms with Crippen LogP contribution in [-0.2, 0) is 9.59 Å². The van der Waals surface area contributed by atoms with Crippen LogP contribution < -0.4 is 10.2 Å². The molecule has 1 atom stereocenters. The van der Waals surface area contributed by atoms with E-state index in [1.807, 2.05) is 0 Å². The van der Waals surface area contributed by atoms with Gasteiger partial charge >= 0.3 is 0 Å². The van der Waals surface area contributed by atoms with Crippen molar-refractivity contribution in [2.24, 2.45) is 0 Å². The van der Waals surface area contributed by atoms with Crippen molar-refractivity contribution in [3.8, 4) is 0 Å². The van der Waals surface area contributed by atoms with E-state index < -0.39 is 6.04 Å². The van der Waals surface area contributed by atoms with Crippen LogP contribution in [0.15, 0.2) is 18.2 Å². The van der Waals surface area contributed by atoms with Crippen molar-refractivity contribution in [2.75, 3.05) is 17.2 Å². The lowest BCUT2D eigenvalue weighted by atomic mass is 10.2. The maximum atomic E-state index is 12.3. The Balaban J connectivity index is 2.07. The van der Waals surface area contributed by atoms with Gasteiger partial charge in [-0.25, -0.2) is 0 Å². The van der Waals surface area contributed by atoms with Gasteiger partial charge in [0.2, 0.25) is 11.8 Å². The smallest absolute Gasteiger partial charge is 0.249 e. The van der Waals surface area contributed by atoms with Crippen molar-refractivity contribution >= 4 is 53.3 Å². The Bertz CT molecular complexity index is 539. The molecule has 0 aromatic heterocycles. The van der Waals surface area contributed by atoms with Crippen LogP contribution in [0.2, 0.25) is 10.0 Å². The van der Waals surface area contributed by atoms with E-state index in [9.17, 15) is 9.59 Å². The number of carbonyl (C=O) groups is 2. The number of halogens is 2. The number of rotatable bonds is 4. The molecule has 7 heteroatoms. The quantitative estimate of drug-likeness (QED) is 0.832. The van der Waals surface area contributed by atoms with Crippen LogP contribution in [0.3, 0.4) is 0 Å². The highest BCUT2D eigenvalue weighted by Crippen LogP contribution is 2.29. The summed E-state index contributed by atoms with van der Waals surface area (Å²) in [5.74, 6) is 0.175. The van der Waals surface area contributed by atoms with Gasteiger partial charge in [-0.15, -0.1) is 0 Å². The second-order valence-electron chi connectivity index (χ2n) is 4.47. The van der Waals surface area contributed by atoms with Gasteiger partial charge in [0.15, 0.2) is 0 Å². The molecule has 0 aliphatic carbocycles. The predicted octanol–water partition coefficient (Wildman–Crippen LogP) is 2.53. The third kappa shape index (κ3) is 3.40. The zero-order valence-electron chi connectivity index (χ0n) is 10.6. The molecule has 1 saturated heterocycles. The van der Waals surface area contributed by atoms with Crippen molar-refractivity contribution in [3.63, 3.8) is 0 Å². The van der Waals surface area contributed by atoms with Crippen LogP contribution in [0.25, 0.3) is 0 Å². The molecule has 2 rings (SSSR count). The van der Waals surface area contributed by atoms with Crippen LogP contribution in [-0.4, -0.2) is 30.2 Å². The Morgan fingerprint density at radius 1 is 1.40 bits per heavy atom. The first-order chi connectivity index (χ1) is 9.52. The van der Waals surface area contributed by atoms with E-state index >= 15 is 0 Å². The number of hydrogen-bond acceptors (Lipinski definition) is 3. The Morgan fingerprint density at radius 3 is 2.80 bits per heavy atom. The van der Waals surface area contributed by atoms with Crippen LogP contribution in [0.5, 0.6) is 0 Å². The van der Waals surface area contributed by atoms with Gasteiger partial charge < -0.3 is 10.2 Å². The fourth-order valence-electron chi connectivity index (χ4n) is 2.09. The highest BCUT2D eigenvalue weighted by Gasteiger charge is 2.33. The summed E-state index contributed by atoms with van der Waals surface area (Å²) in [5, 5.41) is 3.56. The molecule has 0 spiro atoms. The maximum absolute atomic E-state index is 12.3. The standard InChI is InChI=1S/C13H14Cl2N2O2S/c14-9-2-1-8(7-10(9)15)17-5-3-11(13(17)19)16-12(18)4-6-20/h1-2,7,11,20H,3-6H2,(H,16,18). The molecule has 1 fully saturated rings. The molecular formula is C13H14Cl2N2O2S. The largest absolute Gasteiger partial charge is 0.344 e. The number of carbonyl (C=O) groups excluding carboxylic acids is 2. The molecule has 1 aliphatic heterocycles. The van der Waals surface area contributed by atoms with Crippen LogP contribution in [0, 0.1) is 0 Å². The highest BCUT2D eigenvalue weighted by molar-refractivity contribution is 7.80. The molecule has 1 aromatic carbocycles. The number of hydrogen-bond donors (Lipinski definition) is 2. The van der Waals surface area contributed by atoms with Crippen molar-refractivity contribution in [1.29, 1.82) is 0 Å². The Kier molecular flexibility index (Phi) is 5.18. The minimum absolute atomic E-state index is 0.129. The Hall–Kier alpha value is -0.910. The van der Waals surface area contributed by atoms with E-state index in [1.165, 1.54) is 0 Å². The fourth-order valence-corrected chi connectivity index (χ4v) is 2.59. The molecule has 108 valence electrons. The minimum atomic E-state index is -0.475. The lowest BCUT2D eigenvalue weighted by Gasteiger charge is -2.17. The number of benzene rings is 1. The first kappa shape index (κ1) is 15.5. The lowest BCUT2D eigenvalue weighted by Crippen LogP contribution is -2.41.